The molecule has 2 heterocycles. The number of hydrogen-bond acceptors (Lipinski definition) is 4. The lowest BCUT2D eigenvalue weighted by molar-refractivity contribution is -0.132. The van der Waals surface area contributed by atoms with Crippen molar-refractivity contribution in [3.63, 3.8) is 0 Å². The molecule has 0 unspecified atom stereocenters. The van der Waals surface area contributed by atoms with Gasteiger partial charge < -0.3 is 5.32 Å². The Bertz CT molecular complexity index is 760. The Morgan fingerprint density at radius 2 is 1.88 bits per heavy atom. The number of nitrogens with zero attached hydrogens (tertiary/aromatic N) is 3. The van der Waals surface area contributed by atoms with Crippen LogP contribution in [0.4, 0.5) is 0 Å². The van der Waals surface area contributed by atoms with Gasteiger partial charge in [-0.1, -0.05) is 36.4 Å². The first-order chi connectivity index (χ1) is 12.2. The second-order valence-corrected chi connectivity index (χ2v) is 5.85. The molecule has 6 nitrogen and oxygen atoms in total. The van der Waals surface area contributed by atoms with Gasteiger partial charge in [0, 0.05) is 31.8 Å². The lowest BCUT2D eigenvalue weighted by Gasteiger charge is -2.23. The number of hydrogen-bond donors (Lipinski definition) is 1. The van der Waals surface area contributed by atoms with Crippen molar-refractivity contribution >= 4 is 17.5 Å². The molecule has 0 saturated heterocycles. The normalized spacial score (nSPS) is 14.2. The lowest BCUT2D eigenvalue weighted by atomic mass is 10.1. The van der Waals surface area contributed by atoms with Gasteiger partial charge >= 0.3 is 0 Å². The summed E-state index contributed by atoms with van der Waals surface area (Å²) < 4.78 is 0. The molecule has 25 heavy (non-hydrogen) atoms. The van der Waals surface area contributed by atoms with E-state index < -0.39 is 0 Å². The smallest absolute Gasteiger partial charge is 0.267 e. The quantitative estimate of drug-likeness (QED) is 0.876. The average Bonchev–Trinajstić information content (AvgIpc) is 2.65. The summed E-state index contributed by atoms with van der Waals surface area (Å²) in [5.74, 6) is -0.273. The summed E-state index contributed by atoms with van der Waals surface area (Å²) in [7, 11) is 0. The Morgan fingerprint density at radius 3 is 2.64 bits per heavy atom. The first kappa shape index (κ1) is 16.8. The maximum absolute atomic E-state index is 12.3. The molecule has 6 heteroatoms. The molecule has 0 bridgehead atoms. The molecule has 1 aliphatic heterocycles. The summed E-state index contributed by atoms with van der Waals surface area (Å²) in [6.45, 7) is 0.891. The molecule has 1 N–H and O–H groups in total. The third-order valence-electron chi connectivity index (χ3n) is 3.96. The van der Waals surface area contributed by atoms with Gasteiger partial charge in [-0.3, -0.25) is 14.6 Å². The van der Waals surface area contributed by atoms with Gasteiger partial charge in [-0.05, 0) is 23.6 Å². The van der Waals surface area contributed by atoms with Gasteiger partial charge in [0.2, 0.25) is 5.91 Å². The highest BCUT2D eigenvalue weighted by molar-refractivity contribution is 6.39. The van der Waals surface area contributed by atoms with E-state index in [1.807, 2.05) is 42.5 Å². The molecule has 1 aromatic carbocycles. The summed E-state index contributed by atoms with van der Waals surface area (Å²) in [6.07, 6.45) is 4.89. The van der Waals surface area contributed by atoms with Crippen LogP contribution in [-0.4, -0.2) is 34.1 Å². The third-order valence-corrected chi connectivity index (χ3v) is 3.96. The lowest BCUT2D eigenvalue weighted by Crippen LogP contribution is -2.39. The van der Waals surface area contributed by atoms with Crippen molar-refractivity contribution in [2.24, 2.45) is 5.10 Å². The fourth-order valence-electron chi connectivity index (χ4n) is 2.61. The number of pyridine rings is 1. The highest BCUT2D eigenvalue weighted by Crippen LogP contribution is 2.13. The predicted molar refractivity (Wildman–Crippen MR) is 94.6 cm³/mol. The molecule has 1 aromatic heterocycles. The highest BCUT2D eigenvalue weighted by atomic mass is 16.2. The molecular weight excluding hydrogens is 316 g/mol. The number of rotatable bonds is 6. The summed E-state index contributed by atoms with van der Waals surface area (Å²) in [5.41, 5.74) is 2.45. The largest absolute Gasteiger partial charge is 0.351 e. The molecule has 3 rings (SSSR count). The van der Waals surface area contributed by atoms with E-state index in [0.717, 1.165) is 11.1 Å². The summed E-state index contributed by atoms with van der Waals surface area (Å²) in [4.78, 5) is 28.4. The maximum atomic E-state index is 12.3. The fraction of sp³-hybridized carbons (Fsp3) is 0.263. The third kappa shape index (κ3) is 4.73. The molecule has 2 aromatic rings. The van der Waals surface area contributed by atoms with E-state index in [2.05, 4.69) is 15.4 Å². The van der Waals surface area contributed by atoms with Crippen LogP contribution in [0.5, 0.6) is 0 Å². The molecule has 0 radical (unpaired) electrons. The SMILES string of the molecule is O=C(NCCc1cccnc1)C1=NN(Cc2ccccc2)C(=O)CC1. The minimum Gasteiger partial charge on any atom is -0.351 e. The van der Waals surface area contributed by atoms with Crippen molar-refractivity contribution < 1.29 is 9.59 Å². The monoisotopic (exact) mass is 336 g/mol. The Morgan fingerprint density at radius 1 is 1.08 bits per heavy atom. The van der Waals surface area contributed by atoms with Crippen molar-refractivity contribution in [2.45, 2.75) is 25.8 Å². The minimum absolute atomic E-state index is 0.0595. The van der Waals surface area contributed by atoms with Crippen LogP contribution in [0, 0.1) is 0 Å². The van der Waals surface area contributed by atoms with Crippen LogP contribution in [-0.2, 0) is 22.6 Å². The van der Waals surface area contributed by atoms with Gasteiger partial charge in [0.1, 0.15) is 5.71 Å². The fourth-order valence-corrected chi connectivity index (χ4v) is 2.61. The number of nitrogens with one attached hydrogen (secondary N) is 1. The molecule has 0 fully saturated rings. The first-order valence-electron chi connectivity index (χ1n) is 8.31. The topological polar surface area (TPSA) is 74.7 Å². The Balaban J connectivity index is 1.57. The summed E-state index contributed by atoms with van der Waals surface area (Å²) >= 11 is 0. The van der Waals surface area contributed by atoms with E-state index in [0.29, 0.717) is 38.1 Å². The van der Waals surface area contributed by atoms with Gasteiger partial charge in [0.25, 0.3) is 5.91 Å². The van der Waals surface area contributed by atoms with E-state index in [1.165, 1.54) is 5.01 Å². The Hall–Kier alpha value is -3.02. The van der Waals surface area contributed by atoms with Crippen LogP contribution in [0.15, 0.2) is 60.0 Å². The van der Waals surface area contributed by atoms with Crippen LogP contribution in [0.25, 0.3) is 0 Å². The zero-order valence-electron chi connectivity index (χ0n) is 13.9. The first-order valence-corrected chi connectivity index (χ1v) is 8.31. The number of carbonyl (C=O) groups is 2. The zero-order valence-corrected chi connectivity index (χ0v) is 13.9. The van der Waals surface area contributed by atoms with Gasteiger partial charge in [-0.25, -0.2) is 5.01 Å². The number of hydrazone groups is 1. The molecule has 0 saturated carbocycles. The van der Waals surface area contributed by atoms with Crippen LogP contribution >= 0.6 is 0 Å². The van der Waals surface area contributed by atoms with Crippen molar-refractivity contribution in [2.75, 3.05) is 6.54 Å². The Labute approximate surface area is 146 Å². The van der Waals surface area contributed by atoms with E-state index in [9.17, 15) is 9.59 Å². The van der Waals surface area contributed by atoms with Gasteiger partial charge in [-0.15, -0.1) is 0 Å². The number of amides is 2. The van der Waals surface area contributed by atoms with Gasteiger partial charge in [0.05, 0.1) is 6.54 Å². The predicted octanol–water partition coefficient (Wildman–Crippen LogP) is 1.92. The summed E-state index contributed by atoms with van der Waals surface area (Å²) in [6, 6.07) is 13.5. The molecule has 128 valence electrons. The second-order valence-electron chi connectivity index (χ2n) is 5.85. The maximum Gasteiger partial charge on any atom is 0.267 e. The number of benzene rings is 1. The Kier molecular flexibility index (Phi) is 5.51. The van der Waals surface area contributed by atoms with Crippen LogP contribution in [0.1, 0.15) is 24.0 Å². The van der Waals surface area contributed by atoms with Crippen molar-refractivity contribution in [3.8, 4) is 0 Å². The molecule has 0 aliphatic carbocycles. The molecule has 2 amide bonds. The van der Waals surface area contributed by atoms with Crippen LogP contribution < -0.4 is 5.32 Å². The summed E-state index contributed by atoms with van der Waals surface area (Å²) in [5, 5.41) is 8.51. The van der Waals surface area contributed by atoms with Crippen molar-refractivity contribution in [1.29, 1.82) is 0 Å². The van der Waals surface area contributed by atoms with E-state index in [4.69, 9.17) is 0 Å². The molecule has 0 spiro atoms. The molecule has 1 aliphatic rings. The zero-order chi connectivity index (χ0) is 17.5. The highest BCUT2D eigenvalue weighted by Gasteiger charge is 2.24. The molecule has 0 atom stereocenters. The van der Waals surface area contributed by atoms with Crippen molar-refractivity contribution in [3.05, 3.63) is 66.0 Å². The standard InChI is InChI=1S/C19H20N4O2/c24-18-9-8-17(22-23(18)14-16-5-2-1-3-6-16)19(25)21-12-10-15-7-4-11-20-13-15/h1-7,11,13H,8-10,12,14H2,(H,21,25). The second kappa shape index (κ2) is 8.19. The van der Waals surface area contributed by atoms with E-state index in [-0.39, 0.29) is 11.8 Å². The minimum atomic E-state index is -0.213. The number of aromatic nitrogens is 1. The van der Waals surface area contributed by atoms with Crippen LogP contribution in [0.3, 0.4) is 0 Å². The average molecular weight is 336 g/mol. The van der Waals surface area contributed by atoms with Crippen LogP contribution in [0.2, 0.25) is 0 Å². The van der Waals surface area contributed by atoms with Crippen molar-refractivity contribution in [1.82, 2.24) is 15.3 Å². The van der Waals surface area contributed by atoms with E-state index >= 15 is 0 Å². The van der Waals surface area contributed by atoms with Gasteiger partial charge in [0.15, 0.2) is 0 Å². The molecular formula is C19H20N4O2. The van der Waals surface area contributed by atoms with E-state index in [1.54, 1.807) is 12.4 Å². The number of carbonyl (C=O) groups excluding carboxylic acids is 2. The van der Waals surface area contributed by atoms with Gasteiger partial charge in [-0.2, -0.15) is 5.10 Å².